The maximum absolute atomic E-state index is 3.42. The van der Waals surface area contributed by atoms with Gasteiger partial charge in [0.2, 0.25) is 0 Å². The lowest BCUT2D eigenvalue weighted by Crippen LogP contribution is -2.14. The SMILES string of the molecule is CCc1ccc(CCCc2ccc(CC3CNCS3)cc2)cc1. The first kappa shape index (κ1) is 16.6. The molecule has 2 aromatic rings. The Morgan fingerprint density at radius 2 is 1.43 bits per heavy atom. The molecule has 2 aromatic carbocycles. The minimum atomic E-state index is 0.756. The molecule has 1 aliphatic heterocycles. The smallest absolute Gasteiger partial charge is 0.0421 e. The molecule has 1 nitrogen and oxygen atoms in total. The molecule has 0 radical (unpaired) electrons. The van der Waals surface area contributed by atoms with Gasteiger partial charge in [-0.05, 0) is 54.4 Å². The standard InChI is InChI=1S/C21H27NS/c1-2-17-6-8-18(9-7-17)4-3-5-19-10-12-20(13-11-19)14-21-15-22-16-23-21/h6-13,21-22H,2-5,14-16H2,1H3. The molecule has 1 unspecified atom stereocenters. The Balaban J connectivity index is 1.44. The molecule has 122 valence electrons. The van der Waals surface area contributed by atoms with Crippen molar-refractivity contribution in [3.8, 4) is 0 Å². The van der Waals surface area contributed by atoms with E-state index in [1.165, 1.54) is 47.9 Å². The minimum absolute atomic E-state index is 0.756. The van der Waals surface area contributed by atoms with E-state index in [1.807, 2.05) is 11.8 Å². The van der Waals surface area contributed by atoms with Crippen LogP contribution in [0.2, 0.25) is 0 Å². The molecule has 1 fully saturated rings. The zero-order valence-corrected chi connectivity index (χ0v) is 14.9. The Morgan fingerprint density at radius 3 is 1.96 bits per heavy atom. The van der Waals surface area contributed by atoms with Crippen LogP contribution in [0.15, 0.2) is 48.5 Å². The molecule has 23 heavy (non-hydrogen) atoms. The van der Waals surface area contributed by atoms with Crippen LogP contribution in [0.1, 0.15) is 35.6 Å². The van der Waals surface area contributed by atoms with Gasteiger partial charge in [-0.1, -0.05) is 55.5 Å². The first-order valence-electron chi connectivity index (χ1n) is 8.81. The summed E-state index contributed by atoms with van der Waals surface area (Å²) >= 11 is 2.04. The first-order valence-corrected chi connectivity index (χ1v) is 9.86. The molecule has 1 atom stereocenters. The molecule has 1 aliphatic rings. The van der Waals surface area contributed by atoms with Crippen molar-refractivity contribution in [2.45, 2.75) is 44.3 Å². The van der Waals surface area contributed by atoms with Crippen molar-refractivity contribution in [3.05, 3.63) is 70.8 Å². The number of aryl methyl sites for hydroxylation is 3. The number of hydrogen-bond acceptors (Lipinski definition) is 2. The fraction of sp³-hybridized carbons (Fsp3) is 0.429. The zero-order valence-electron chi connectivity index (χ0n) is 14.1. The summed E-state index contributed by atoms with van der Waals surface area (Å²) in [5.41, 5.74) is 5.84. The Labute approximate surface area is 144 Å². The van der Waals surface area contributed by atoms with Crippen molar-refractivity contribution in [2.75, 3.05) is 12.4 Å². The maximum atomic E-state index is 3.42. The lowest BCUT2D eigenvalue weighted by Gasteiger charge is -2.09. The van der Waals surface area contributed by atoms with Crippen molar-refractivity contribution in [2.24, 2.45) is 0 Å². The molecule has 3 rings (SSSR count). The number of thioether (sulfide) groups is 1. The largest absolute Gasteiger partial charge is 0.307 e. The molecule has 0 saturated carbocycles. The monoisotopic (exact) mass is 325 g/mol. The third kappa shape index (κ3) is 5.12. The van der Waals surface area contributed by atoms with Crippen molar-refractivity contribution in [1.82, 2.24) is 5.32 Å². The summed E-state index contributed by atoms with van der Waals surface area (Å²) in [5.74, 6) is 1.11. The average Bonchev–Trinajstić information content (AvgIpc) is 3.10. The fourth-order valence-electron chi connectivity index (χ4n) is 3.13. The van der Waals surface area contributed by atoms with E-state index < -0.39 is 0 Å². The molecule has 1 heterocycles. The Hall–Kier alpha value is -1.25. The average molecular weight is 326 g/mol. The van der Waals surface area contributed by atoms with Gasteiger partial charge < -0.3 is 5.32 Å². The quantitative estimate of drug-likeness (QED) is 0.796. The molecular formula is C21H27NS. The summed E-state index contributed by atoms with van der Waals surface area (Å²) in [6.45, 7) is 3.36. The van der Waals surface area contributed by atoms with E-state index >= 15 is 0 Å². The highest BCUT2D eigenvalue weighted by atomic mass is 32.2. The summed E-state index contributed by atoms with van der Waals surface area (Å²) in [5, 5.41) is 4.17. The lowest BCUT2D eigenvalue weighted by molar-refractivity contribution is 0.768. The van der Waals surface area contributed by atoms with Gasteiger partial charge in [0.05, 0.1) is 0 Å². The van der Waals surface area contributed by atoms with Gasteiger partial charge in [0.25, 0.3) is 0 Å². The van der Waals surface area contributed by atoms with Crippen LogP contribution in [0.4, 0.5) is 0 Å². The Morgan fingerprint density at radius 1 is 0.870 bits per heavy atom. The van der Waals surface area contributed by atoms with Gasteiger partial charge in [-0.3, -0.25) is 0 Å². The molecule has 0 aliphatic carbocycles. The summed E-state index contributed by atoms with van der Waals surface area (Å²) < 4.78 is 0. The van der Waals surface area contributed by atoms with E-state index in [9.17, 15) is 0 Å². The summed E-state index contributed by atoms with van der Waals surface area (Å²) in [6.07, 6.45) is 5.91. The van der Waals surface area contributed by atoms with Crippen molar-refractivity contribution in [1.29, 1.82) is 0 Å². The molecule has 0 spiro atoms. The molecule has 1 N–H and O–H groups in total. The number of nitrogens with one attached hydrogen (secondary N) is 1. The van der Waals surface area contributed by atoms with E-state index in [4.69, 9.17) is 0 Å². The van der Waals surface area contributed by atoms with Gasteiger partial charge in [0.1, 0.15) is 0 Å². The normalized spacial score (nSPS) is 17.5. The van der Waals surface area contributed by atoms with Gasteiger partial charge in [0, 0.05) is 17.7 Å². The van der Waals surface area contributed by atoms with Crippen LogP contribution in [-0.4, -0.2) is 17.7 Å². The van der Waals surface area contributed by atoms with Gasteiger partial charge in [-0.25, -0.2) is 0 Å². The Kier molecular flexibility index (Phi) is 6.18. The van der Waals surface area contributed by atoms with Gasteiger partial charge in [0.15, 0.2) is 0 Å². The topological polar surface area (TPSA) is 12.0 Å². The van der Waals surface area contributed by atoms with E-state index in [1.54, 1.807) is 0 Å². The van der Waals surface area contributed by atoms with Crippen molar-refractivity contribution < 1.29 is 0 Å². The highest BCUT2D eigenvalue weighted by Gasteiger charge is 2.14. The highest BCUT2D eigenvalue weighted by Crippen LogP contribution is 2.20. The third-order valence-corrected chi connectivity index (χ3v) is 5.82. The van der Waals surface area contributed by atoms with Crippen molar-refractivity contribution >= 4 is 11.8 Å². The minimum Gasteiger partial charge on any atom is -0.307 e. The molecular weight excluding hydrogens is 298 g/mol. The van der Waals surface area contributed by atoms with Crippen LogP contribution in [0.5, 0.6) is 0 Å². The van der Waals surface area contributed by atoms with E-state index in [0.29, 0.717) is 0 Å². The van der Waals surface area contributed by atoms with Crippen LogP contribution in [0, 0.1) is 0 Å². The van der Waals surface area contributed by atoms with Crippen LogP contribution in [-0.2, 0) is 25.7 Å². The first-order chi connectivity index (χ1) is 11.3. The highest BCUT2D eigenvalue weighted by molar-refractivity contribution is 8.00. The summed E-state index contributed by atoms with van der Waals surface area (Å²) in [4.78, 5) is 0. The number of benzene rings is 2. The fourth-order valence-corrected chi connectivity index (χ4v) is 4.15. The van der Waals surface area contributed by atoms with Crippen LogP contribution >= 0.6 is 11.8 Å². The predicted molar refractivity (Wildman–Crippen MR) is 102 cm³/mol. The molecule has 0 bridgehead atoms. The van der Waals surface area contributed by atoms with Gasteiger partial charge in [-0.2, -0.15) is 0 Å². The predicted octanol–water partition coefficient (Wildman–Crippen LogP) is 4.63. The Bertz CT molecular complexity index is 582. The van der Waals surface area contributed by atoms with Crippen molar-refractivity contribution in [3.63, 3.8) is 0 Å². The van der Waals surface area contributed by atoms with E-state index in [0.717, 1.165) is 24.1 Å². The summed E-state index contributed by atoms with van der Waals surface area (Å²) in [6, 6.07) is 18.4. The van der Waals surface area contributed by atoms with Gasteiger partial charge >= 0.3 is 0 Å². The number of rotatable bonds is 7. The van der Waals surface area contributed by atoms with Gasteiger partial charge in [-0.15, -0.1) is 11.8 Å². The molecule has 0 aromatic heterocycles. The maximum Gasteiger partial charge on any atom is 0.0421 e. The molecule has 0 amide bonds. The second-order valence-corrected chi connectivity index (χ2v) is 7.72. The van der Waals surface area contributed by atoms with E-state index in [2.05, 4.69) is 60.8 Å². The molecule has 1 saturated heterocycles. The lowest BCUT2D eigenvalue weighted by atomic mass is 10.0. The second kappa shape index (κ2) is 8.56. The van der Waals surface area contributed by atoms with E-state index in [-0.39, 0.29) is 0 Å². The third-order valence-electron chi connectivity index (χ3n) is 4.64. The van der Waals surface area contributed by atoms with Crippen LogP contribution in [0.25, 0.3) is 0 Å². The van der Waals surface area contributed by atoms with Crippen LogP contribution < -0.4 is 5.32 Å². The number of hydrogen-bond donors (Lipinski definition) is 1. The summed E-state index contributed by atoms with van der Waals surface area (Å²) in [7, 11) is 0. The molecule has 2 heteroatoms. The van der Waals surface area contributed by atoms with Crippen LogP contribution in [0.3, 0.4) is 0 Å². The second-order valence-electron chi connectivity index (χ2n) is 6.43. The zero-order chi connectivity index (χ0) is 15.9.